The molecule has 1 heterocycles. The maximum atomic E-state index is 12.9. The lowest BCUT2D eigenvalue weighted by molar-refractivity contribution is -0.134. The van der Waals surface area contributed by atoms with Crippen LogP contribution in [0.4, 0.5) is 5.69 Å². The molecule has 0 spiro atoms. The number of halogens is 1. The summed E-state index contributed by atoms with van der Waals surface area (Å²) in [6, 6.07) is 14.9. The van der Waals surface area contributed by atoms with Crippen LogP contribution in [0.3, 0.4) is 0 Å². The van der Waals surface area contributed by atoms with Crippen molar-refractivity contribution in [1.29, 1.82) is 0 Å². The molecule has 0 radical (unpaired) electrons. The van der Waals surface area contributed by atoms with Crippen LogP contribution in [0.5, 0.6) is 5.75 Å². The lowest BCUT2D eigenvalue weighted by atomic mass is 9.95. The van der Waals surface area contributed by atoms with Crippen molar-refractivity contribution in [3.63, 3.8) is 0 Å². The lowest BCUT2D eigenvalue weighted by Gasteiger charge is -2.47. The molecular formula is C21H25ClN2O3. The molecule has 0 saturated carbocycles. The normalized spacial score (nSPS) is 19.1. The van der Waals surface area contributed by atoms with Crippen LogP contribution in [0.1, 0.15) is 12.0 Å². The molecule has 1 saturated heterocycles. The van der Waals surface area contributed by atoms with Gasteiger partial charge >= 0.3 is 0 Å². The highest BCUT2D eigenvalue weighted by atomic mass is 35.5. The number of β-lactam (4-membered cyclic amide) rings is 1. The van der Waals surface area contributed by atoms with Gasteiger partial charge in [-0.05, 0) is 55.8 Å². The SMILES string of the molecule is COCCCNC[C@@H]1[C@@H](Oc2ccc(Cl)cc2)C(=O)N1c1ccccc1C. The summed E-state index contributed by atoms with van der Waals surface area (Å²) >= 11 is 5.93. The van der Waals surface area contributed by atoms with Crippen LogP contribution in [0.25, 0.3) is 0 Å². The topological polar surface area (TPSA) is 50.8 Å². The zero-order valence-corrected chi connectivity index (χ0v) is 16.4. The van der Waals surface area contributed by atoms with Crippen molar-refractivity contribution in [2.45, 2.75) is 25.5 Å². The molecule has 1 amide bonds. The molecule has 1 aliphatic rings. The van der Waals surface area contributed by atoms with Crippen molar-refractivity contribution >= 4 is 23.2 Å². The molecule has 2 aromatic carbocycles. The van der Waals surface area contributed by atoms with E-state index in [0.717, 1.165) is 24.2 Å². The number of amides is 1. The Bertz CT molecular complexity index is 766. The summed E-state index contributed by atoms with van der Waals surface area (Å²) < 4.78 is 11.1. The van der Waals surface area contributed by atoms with Crippen molar-refractivity contribution in [3.8, 4) is 5.75 Å². The minimum atomic E-state index is -0.513. The molecule has 3 rings (SSSR count). The quantitative estimate of drug-likeness (QED) is 0.528. The van der Waals surface area contributed by atoms with Gasteiger partial charge < -0.3 is 19.7 Å². The van der Waals surface area contributed by atoms with E-state index < -0.39 is 6.10 Å². The maximum absolute atomic E-state index is 12.9. The highest BCUT2D eigenvalue weighted by Crippen LogP contribution is 2.33. The summed E-state index contributed by atoms with van der Waals surface area (Å²) in [5.74, 6) is 0.620. The van der Waals surface area contributed by atoms with Crippen molar-refractivity contribution in [2.24, 2.45) is 0 Å². The van der Waals surface area contributed by atoms with E-state index in [2.05, 4.69) is 5.32 Å². The highest BCUT2D eigenvalue weighted by Gasteiger charge is 2.50. The smallest absolute Gasteiger partial charge is 0.270 e. The van der Waals surface area contributed by atoms with E-state index >= 15 is 0 Å². The highest BCUT2D eigenvalue weighted by molar-refractivity contribution is 6.30. The fourth-order valence-corrected chi connectivity index (χ4v) is 3.35. The molecule has 0 bridgehead atoms. The number of aryl methyl sites for hydroxylation is 1. The molecule has 144 valence electrons. The van der Waals surface area contributed by atoms with E-state index in [1.165, 1.54) is 0 Å². The number of anilines is 1. The van der Waals surface area contributed by atoms with Crippen molar-refractivity contribution in [3.05, 3.63) is 59.1 Å². The summed E-state index contributed by atoms with van der Waals surface area (Å²) in [4.78, 5) is 14.7. The monoisotopic (exact) mass is 388 g/mol. The molecule has 2 aromatic rings. The van der Waals surface area contributed by atoms with Crippen LogP contribution < -0.4 is 15.0 Å². The second-order valence-electron chi connectivity index (χ2n) is 6.60. The third kappa shape index (κ3) is 4.61. The summed E-state index contributed by atoms with van der Waals surface area (Å²) in [6.45, 7) is 4.21. The fraction of sp³-hybridized carbons (Fsp3) is 0.381. The Morgan fingerprint density at radius 2 is 1.89 bits per heavy atom. The minimum Gasteiger partial charge on any atom is -0.478 e. The molecule has 0 aliphatic carbocycles. The average molecular weight is 389 g/mol. The minimum absolute atomic E-state index is 0.0251. The zero-order valence-electron chi connectivity index (χ0n) is 15.7. The van der Waals surface area contributed by atoms with E-state index in [-0.39, 0.29) is 11.9 Å². The maximum Gasteiger partial charge on any atom is 0.270 e. The van der Waals surface area contributed by atoms with Crippen molar-refractivity contribution < 1.29 is 14.3 Å². The predicted octanol–water partition coefficient (Wildman–Crippen LogP) is 3.44. The first-order valence-electron chi connectivity index (χ1n) is 9.12. The van der Waals surface area contributed by atoms with Gasteiger partial charge in [0.2, 0.25) is 0 Å². The molecule has 27 heavy (non-hydrogen) atoms. The van der Waals surface area contributed by atoms with Gasteiger partial charge in [-0.25, -0.2) is 0 Å². The summed E-state index contributed by atoms with van der Waals surface area (Å²) in [7, 11) is 1.69. The number of carbonyl (C=O) groups excluding carboxylic acids is 1. The number of para-hydroxylation sites is 1. The molecule has 1 N–H and O–H groups in total. The van der Waals surface area contributed by atoms with Gasteiger partial charge in [-0.3, -0.25) is 4.79 Å². The number of hydrogen-bond acceptors (Lipinski definition) is 4. The van der Waals surface area contributed by atoms with Crippen molar-refractivity contribution in [2.75, 3.05) is 31.7 Å². The first kappa shape index (κ1) is 19.7. The first-order valence-corrected chi connectivity index (χ1v) is 9.50. The Balaban J connectivity index is 1.72. The number of methoxy groups -OCH3 is 1. The molecule has 5 nitrogen and oxygen atoms in total. The standard InChI is InChI=1S/C21H25ClN2O3/c1-15-6-3-4-7-18(15)24-19(14-23-12-5-13-26-2)20(21(24)25)27-17-10-8-16(22)9-11-17/h3-4,6-11,19-20,23H,5,12-14H2,1-2H3/t19-,20-/m1/s1. The van der Waals surface area contributed by atoms with Gasteiger partial charge in [0.05, 0.1) is 6.04 Å². The van der Waals surface area contributed by atoms with Gasteiger partial charge in [-0.2, -0.15) is 0 Å². The third-order valence-corrected chi connectivity index (χ3v) is 4.92. The van der Waals surface area contributed by atoms with Crippen LogP contribution in [0.15, 0.2) is 48.5 Å². The van der Waals surface area contributed by atoms with Gasteiger partial charge in [0, 0.05) is 31.0 Å². The Kier molecular flexibility index (Phi) is 6.72. The van der Waals surface area contributed by atoms with Crippen LogP contribution in [0.2, 0.25) is 5.02 Å². The van der Waals surface area contributed by atoms with E-state index in [1.807, 2.05) is 36.1 Å². The second kappa shape index (κ2) is 9.22. The molecular weight excluding hydrogens is 364 g/mol. The van der Waals surface area contributed by atoms with Gasteiger partial charge in [0.15, 0.2) is 6.10 Å². The number of nitrogens with zero attached hydrogens (tertiary/aromatic N) is 1. The molecule has 6 heteroatoms. The summed E-state index contributed by atoms with van der Waals surface area (Å²) in [6.07, 6.45) is 0.408. The Hall–Kier alpha value is -2.08. The third-order valence-electron chi connectivity index (χ3n) is 4.67. The van der Waals surface area contributed by atoms with Crippen LogP contribution in [-0.4, -0.2) is 44.9 Å². The van der Waals surface area contributed by atoms with E-state index in [4.69, 9.17) is 21.1 Å². The number of hydrogen-bond donors (Lipinski definition) is 1. The molecule has 1 fully saturated rings. The predicted molar refractivity (Wildman–Crippen MR) is 108 cm³/mol. The number of ether oxygens (including phenoxy) is 2. The Morgan fingerprint density at radius 3 is 2.59 bits per heavy atom. The summed E-state index contributed by atoms with van der Waals surface area (Å²) in [5, 5.41) is 4.05. The number of nitrogens with one attached hydrogen (secondary N) is 1. The molecule has 2 atom stereocenters. The van der Waals surface area contributed by atoms with Crippen LogP contribution in [-0.2, 0) is 9.53 Å². The lowest BCUT2D eigenvalue weighted by Crippen LogP contribution is -2.70. The number of rotatable bonds is 9. The van der Waals surface area contributed by atoms with Crippen LogP contribution in [0, 0.1) is 6.92 Å². The van der Waals surface area contributed by atoms with Gasteiger partial charge in [0.1, 0.15) is 5.75 Å². The molecule has 0 unspecified atom stereocenters. The van der Waals surface area contributed by atoms with Gasteiger partial charge in [0.25, 0.3) is 5.91 Å². The van der Waals surface area contributed by atoms with Crippen molar-refractivity contribution in [1.82, 2.24) is 5.32 Å². The van der Waals surface area contributed by atoms with E-state index in [0.29, 0.717) is 23.9 Å². The first-order chi connectivity index (χ1) is 13.1. The van der Waals surface area contributed by atoms with E-state index in [9.17, 15) is 4.79 Å². The fourth-order valence-electron chi connectivity index (χ4n) is 3.23. The Morgan fingerprint density at radius 1 is 1.15 bits per heavy atom. The molecule has 1 aliphatic heterocycles. The van der Waals surface area contributed by atoms with E-state index in [1.54, 1.807) is 31.4 Å². The number of carbonyl (C=O) groups is 1. The molecule has 0 aromatic heterocycles. The second-order valence-corrected chi connectivity index (χ2v) is 7.04. The number of benzene rings is 2. The van der Waals surface area contributed by atoms with Crippen LogP contribution >= 0.6 is 11.6 Å². The van der Waals surface area contributed by atoms with Gasteiger partial charge in [-0.1, -0.05) is 29.8 Å². The average Bonchev–Trinajstić information content (AvgIpc) is 2.67. The summed E-state index contributed by atoms with van der Waals surface area (Å²) in [5.41, 5.74) is 2.00. The van der Waals surface area contributed by atoms with Gasteiger partial charge in [-0.15, -0.1) is 0 Å². The zero-order chi connectivity index (χ0) is 19.2. The largest absolute Gasteiger partial charge is 0.478 e. The Labute approximate surface area is 165 Å².